The van der Waals surface area contributed by atoms with Crippen LogP contribution in [0.15, 0.2) is 224 Å². The maximum atomic E-state index is 2.41. The van der Waals surface area contributed by atoms with Crippen LogP contribution >= 0.6 is 0 Å². The highest BCUT2D eigenvalue weighted by atomic mass is 15.1. The van der Waals surface area contributed by atoms with E-state index >= 15 is 0 Å². The van der Waals surface area contributed by atoms with Gasteiger partial charge in [-0.3, -0.25) is 0 Å². The first kappa shape index (κ1) is 32.4. The number of hydrogen-bond donors (Lipinski definition) is 0. The van der Waals surface area contributed by atoms with Crippen LogP contribution in [0.25, 0.3) is 76.8 Å². The molecule has 1 nitrogen and oxygen atoms in total. The highest BCUT2D eigenvalue weighted by molar-refractivity contribution is 6.14. The maximum Gasteiger partial charge on any atom is 0.0546 e. The van der Waals surface area contributed by atoms with Crippen LogP contribution in [-0.4, -0.2) is 0 Å². The molecule has 10 aromatic rings. The fourth-order valence-electron chi connectivity index (χ4n) is 8.25. The Hall–Kier alpha value is -7.22. The minimum Gasteiger partial charge on any atom is -0.310 e. The van der Waals surface area contributed by atoms with Gasteiger partial charge in [0.05, 0.1) is 5.69 Å². The minimum atomic E-state index is 1.10. The van der Waals surface area contributed by atoms with Crippen molar-refractivity contribution in [3.8, 4) is 44.5 Å². The zero-order valence-corrected chi connectivity index (χ0v) is 30.3. The Morgan fingerprint density at radius 3 is 1.36 bits per heavy atom. The largest absolute Gasteiger partial charge is 0.310 e. The number of nitrogens with zero attached hydrogens (tertiary/aromatic N) is 1. The first-order valence-electron chi connectivity index (χ1n) is 18.9. The van der Waals surface area contributed by atoms with Crippen LogP contribution in [-0.2, 0) is 0 Å². The van der Waals surface area contributed by atoms with Gasteiger partial charge in [0.2, 0.25) is 0 Å². The molecule has 0 heterocycles. The van der Waals surface area contributed by atoms with Crippen LogP contribution in [0.5, 0.6) is 0 Å². The van der Waals surface area contributed by atoms with Gasteiger partial charge in [-0.05, 0) is 102 Å². The molecule has 0 bridgehead atoms. The Morgan fingerprint density at radius 2 is 0.673 bits per heavy atom. The lowest BCUT2D eigenvalue weighted by Gasteiger charge is -2.28. The highest BCUT2D eigenvalue weighted by Crippen LogP contribution is 2.44. The number of fused-ring (bicyclic) bond motifs is 4. The van der Waals surface area contributed by atoms with Crippen molar-refractivity contribution in [1.82, 2.24) is 0 Å². The van der Waals surface area contributed by atoms with Crippen LogP contribution in [0.4, 0.5) is 17.1 Å². The molecule has 0 fully saturated rings. The Labute approximate surface area is 322 Å². The summed E-state index contributed by atoms with van der Waals surface area (Å²) in [5.74, 6) is 0. The van der Waals surface area contributed by atoms with Crippen LogP contribution in [0.2, 0.25) is 0 Å². The average Bonchev–Trinajstić information content (AvgIpc) is 3.27. The predicted octanol–water partition coefficient (Wildman–Crippen LogP) is 15.3. The molecule has 0 N–H and O–H groups in total. The zero-order chi connectivity index (χ0) is 36.6. The van der Waals surface area contributed by atoms with Crippen molar-refractivity contribution in [1.29, 1.82) is 0 Å². The number of anilines is 3. The molecule has 0 spiro atoms. The molecule has 10 rings (SSSR count). The second-order valence-electron chi connectivity index (χ2n) is 14.1. The second-order valence-corrected chi connectivity index (χ2v) is 14.1. The fourth-order valence-corrected chi connectivity index (χ4v) is 8.25. The van der Waals surface area contributed by atoms with Crippen molar-refractivity contribution in [3.05, 3.63) is 224 Å². The van der Waals surface area contributed by atoms with Gasteiger partial charge in [-0.15, -0.1) is 0 Å². The number of benzene rings is 10. The lowest BCUT2D eigenvalue weighted by Crippen LogP contribution is -2.10. The van der Waals surface area contributed by atoms with Crippen LogP contribution in [0.1, 0.15) is 0 Å². The van der Waals surface area contributed by atoms with Gasteiger partial charge in [0.15, 0.2) is 0 Å². The zero-order valence-electron chi connectivity index (χ0n) is 30.3. The predicted molar refractivity (Wildman–Crippen MR) is 235 cm³/mol. The van der Waals surface area contributed by atoms with Gasteiger partial charge in [-0.2, -0.15) is 0 Å². The summed E-state index contributed by atoms with van der Waals surface area (Å²) in [4.78, 5) is 2.41. The van der Waals surface area contributed by atoms with Crippen molar-refractivity contribution < 1.29 is 0 Å². The van der Waals surface area contributed by atoms with E-state index in [9.17, 15) is 0 Å². The van der Waals surface area contributed by atoms with Crippen molar-refractivity contribution >= 4 is 49.4 Å². The second kappa shape index (κ2) is 14.0. The Kier molecular flexibility index (Phi) is 8.24. The summed E-state index contributed by atoms with van der Waals surface area (Å²) >= 11 is 0. The molecule has 0 amide bonds. The summed E-state index contributed by atoms with van der Waals surface area (Å²) in [6.45, 7) is 0. The monoisotopic (exact) mass is 699 g/mol. The highest BCUT2D eigenvalue weighted by Gasteiger charge is 2.19. The van der Waals surface area contributed by atoms with E-state index in [2.05, 4.69) is 229 Å². The molecule has 0 radical (unpaired) electrons. The lowest BCUT2D eigenvalue weighted by atomic mass is 9.88. The molecule has 0 aromatic heterocycles. The smallest absolute Gasteiger partial charge is 0.0546 e. The molecule has 1 heteroatoms. The summed E-state index contributed by atoms with van der Waals surface area (Å²) < 4.78 is 0. The van der Waals surface area contributed by atoms with E-state index < -0.39 is 0 Å². The molecule has 0 aliphatic rings. The third-order valence-electron chi connectivity index (χ3n) is 10.9. The van der Waals surface area contributed by atoms with E-state index in [0.29, 0.717) is 0 Å². The topological polar surface area (TPSA) is 3.24 Å². The van der Waals surface area contributed by atoms with E-state index in [1.165, 1.54) is 76.8 Å². The van der Waals surface area contributed by atoms with Crippen LogP contribution < -0.4 is 4.90 Å². The van der Waals surface area contributed by atoms with Gasteiger partial charge in [0.25, 0.3) is 0 Å². The van der Waals surface area contributed by atoms with E-state index in [-0.39, 0.29) is 0 Å². The van der Waals surface area contributed by atoms with E-state index in [1.807, 2.05) is 0 Å². The Morgan fingerprint density at radius 1 is 0.236 bits per heavy atom. The van der Waals surface area contributed by atoms with Crippen molar-refractivity contribution in [2.75, 3.05) is 4.90 Å². The van der Waals surface area contributed by atoms with E-state index in [0.717, 1.165) is 17.1 Å². The SMILES string of the molecule is c1ccc(-c2ccc(N(c3ccc(-c4ccccc4-c4ccccc4-c4cccc5ccccc45)cc3)c3cc4ccccc4c4ccccc34)cc2)cc1. The molecular weight excluding hydrogens is 663 g/mol. The third kappa shape index (κ3) is 5.93. The molecule has 258 valence electrons. The van der Waals surface area contributed by atoms with Gasteiger partial charge in [-0.1, -0.05) is 194 Å². The van der Waals surface area contributed by atoms with Gasteiger partial charge in [-0.25, -0.2) is 0 Å². The molecule has 55 heavy (non-hydrogen) atoms. The summed E-state index contributed by atoms with van der Waals surface area (Å²) in [5.41, 5.74) is 13.1. The fraction of sp³-hybridized carbons (Fsp3) is 0. The first-order valence-corrected chi connectivity index (χ1v) is 18.9. The van der Waals surface area contributed by atoms with Gasteiger partial charge >= 0.3 is 0 Å². The number of hydrogen-bond acceptors (Lipinski definition) is 1. The first-order chi connectivity index (χ1) is 27.3. The minimum absolute atomic E-state index is 1.10. The van der Waals surface area contributed by atoms with Crippen LogP contribution in [0.3, 0.4) is 0 Å². The van der Waals surface area contributed by atoms with Crippen molar-refractivity contribution in [2.45, 2.75) is 0 Å². The third-order valence-corrected chi connectivity index (χ3v) is 10.9. The molecule has 0 aliphatic carbocycles. The van der Waals surface area contributed by atoms with Crippen LogP contribution in [0, 0.1) is 0 Å². The summed E-state index contributed by atoms with van der Waals surface area (Å²) in [5, 5.41) is 7.45. The Bertz CT molecular complexity index is 2950. The van der Waals surface area contributed by atoms with Gasteiger partial charge < -0.3 is 4.90 Å². The molecule has 0 aliphatic heterocycles. The summed E-state index contributed by atoms with van der Waals surface area (Å²) in [6, 6.07) is 81.4. The quantitative estimate of drug-likeness (QED) is 0.150. The van der Waals surface area contributed by atoms with E-state index in [4.69, 9.17) is 0 Å². The standard InChI is InChI=1S/C54H37N/c1-2-15-38(16-3-1)39-29-33-43(34-30-39)55(54-37-42-18-5-7-22-47(42)50-24-12-13-27-53(50)54)44-35-31-41(32-36-44)46-21-8-9-23-48(46)51-25-10-11-26-52(51)49-28-14-19-40-17-4-6-20-45(40)49/h1-37H. The molecule has 0 saturated heterocycles. The lowest BCUT2D eigenvalue weighted by molar-refractivity contribution is 1.30. The molecule has 10 aromatic carbocycles. The van der Waals surface area contributed by atoms with Crippen molar-refractivity contribution in [3.63, 3.8) is 0 Å². The van der Waals surface area contributed by atoms with Crippen molar-refractivity contribution in [2.24, 2.45) is 0 Å². The molecular formula is C54H37N. The molecule has 0 unspecified atom stereocenters. The van der Waals surface area contributed by atoms with Gasteiger partial charge in [0.1, 0.15) is 0 Å². The van der Waals surface area contributed by atoms with E-state index in [1.54, 1.807) is 0 Å². The summed E-state index contributed by atoms with van der Waals surface area (Å²) in [7, 11) is 0. The normalized spacial score (nSPS) is 11.3. The Balaban J connectivity index is 1.11. The average molecular weight is 700 g/mol. The number of rotatable bonds is 7. The summed E-state index contributed by atoms with van der Waals surface area (Å²) in [6.07, 6.45) is 0. The maximum absolute atomic E-state index is 2.41. The van der Waals surface area contributed by atoms with Gasteiger partial charge in [0, 0.05) is 16.8 Å². The molecule has 0 saturated carbocycles. The molecule has 0 atom stereocenters.